The van der Waals surface area contributed by atoms with E-state index in [2.05, 4.69) is 4.98 Å². The van der Waals surface area contributed by atoms with Gasteiger partial charge < -0.3 is 34.1 Å². The van der Waals surface area contributed by atoms with E-state index in [0.29, 0.717) is 12.2 Å². The average molecular weight is 465 g/mol. The number of hydrogen-bond acceptors (Lipinski definition) is 9. The Kier molecular flexibility index (Phi) is 11.3. The average Bonchev–Trinajstić information content (AvgIpc) is 3.01. The molecule has 0 bridgehead atoms. The lowest BCUT2D eigenvalue weighted by molar-refractivity contribution is -0.102. The number of aromatic nitrogens is 2. The van der Waals surface area contributed by atoms with Crippen molar-refractivity contribution in [3.63, 3.8) is 0 Å². The van der Waals surface area contributed by atoms with E-state index < -0.39 is 37.8 Å². The van der Waals surface area contributed by atoms with E-state index in [1.165, 1.54) is 10.8 Å². The Morgan fingerprint density at radius 3 is 2.52 bits per heavy atom. The van der Waals surface area contributed by atoms with Crippen molar-refractivity contribution in [1.29, 1.82) is 0 Å². The Morgan fingerprint density at radius 1 is 1.32 bits per heavy atom. The minimum absolute atomic E-state index is 0.128. The van der Waals surface area contributed by atoms with Gasteiger partial charge in [0.1, 0.15) is 24.1 Å². The summed E-state index contributed by atoms with van der Waals surface area (Å²) < 4.78 is 40.9. The number of rotatable bonds is 10. The van der Waals surface area contributed by atoms with Gasteiger partial charge in [0.15, 0.2) is 6.23 Å². The van der Waals surface area contributed by atoms with Gasteiger partial charge >= 0.3 is 13.3 Å². The van der Waals surface area contributed by atoms with Crippen LogP contribution in [0.5, 0.6) is 0 Å². The Balaban J connectivity index is 0.00000233. The molecule has 0 amide bonds. The standard InChI is InChI=1S/C17H30N3O8P.C2H6/c1-10(2)27-13-12(9-26-29(5,22)23)28-16(14(13)25-7-6-24-4)20-8-11(3)15(18)19-17(20)21;1-2/h8,10,12-14,16H,6-7,9H2,1-5H3,(H,22,23)(H2,18,19,21);1-2H3. The largest absolute Gasteiger partial charge is 0.383 e. The summed E-state index contributed by atoms with van der Waals surface area (Å²) in [6.45, 7) is 10.8. The SMILES string of the molecule is CC.COCCOC1C(OC(C)C)C(COP(C)(=O)O)OC1n1cc(C)c(N)nc1=O. The number of ether oxygens (including phenoxy) is 4. The summed E-state index contributed by atoms with van der Waals surface area (Å²) in [5, 5.41) is 0. The molecule has 0 radical (unpaired) electrons. The van der Waals surface area contributed by atoms with Crippen molar-refractivity contribution < 1.29 is 32.9 Å². The molecular weight excluding hydrogens is 429 g/mol. The molecule has 5 unspecified atom stereocenters. The first-order chi connectivity index (χ1) is 14.5. The summed E-state index contributed by atoms with van der Waals surface area (Å²) in [4.78, 5) is 25.8. The third kappa shape index (κ3) is 8.27. The molecule has 180 valence electrons. The second-order valence-corrected chi connectivity index (χ2v) is 9.00. The fourth-order valence-corrected chi connectivity index (χ4v) is 3.39. The number of nitrogens with zero attached hydrogens (tertiary/aromatic N) is 2. The molecule has 0 aromatic carbocycles. The summed E-state index contributed by atoms with van der Waals surface area (Å²) in [5.41, 5.74) is 5.71. The zero-order valence-electron chi connectivity index (χ0n) is 19.3. The van der Waals surface area contributed by atoms with Gasteiger partial charge in [-0.25, -0.2) is 4.79 Å². The monoisotopic (exact) mass is 465 g/mol. The molecule has 1 saturated heterocycles. The number of hydrogen-bond donors (Lipinski definition) is 2. The van der Waals surface area contributed by atoms with Crippen molar-refractivity contribution in [2.24, 2.45) is 0 Å². The highest BCUT2D eigenvalue weighted by Gasteiger charge is 2.48. The molecule has 1 aliphatic heterocycles. The summed E-state index contributed by atoms with van der Waals surface area (Å²) in [6, 6.07) is 0. The van der Waals surface area contributed by atoms with Crippen LogP contribution in [0.4, 0.5) is 5.82 Å². The highest BCUT2D eigenvalue weighted by atomic mass is 31.2. The fraction of sp³-hybridized carbons (Fsp3) is 0.789. The third-order valence-corrected chi connectivity index (χ3v) is 4.87. The number of aryl methyl sites for hydroxylation is 1. The maximum atomic E-state index is 12.5. The summed E-state index contributed by atoms with van der Waals surface area (Å²) in [5.74, 6) is 0.128. The van der Waals surface area contributed by atoms with Crippen LogP contribution in [0.2, 0.25) is 0 Å². The normalized spacial score (nSPS) is 25.2. The van der Waals surface area contributed by atoms with E-state index in [0.717, 1.165) is 6.66 Å². The maximum absolute atomic E-state index is 12.5. The van der Waals surface area contributed by atoms with Crippen molar-refractivity contribution in [2.45, 2.75) is 65.3 Å². The van der Waals surface area contributed by atoms with Crippen LogP contribution in [0.3, 0.4) is 0 Å². The Morgan fingerprint density at radius 2 is 1.97 bits per heavy atom. The van der Waals surface area contributed by atoms with E-state index in [1.807, 2.05) is 27.7 Å². The molecule has 1 aliphatic rings. The van der Waals surface area contributed by atoms with Crippen LogP contribution in [-0.4, -0.2) is 72.5 Å². The summed E-state index contributed by atoms with van der Waals surface area (Å²) in [7, 11) is -2.19. The molecule has 0 spiro atoms. The van der Waals surface area contributed by atoms with Crippen molar-refractivity contribution in [3.05, 3.63) is 22.2 Å². The lowest BCUT2D eigenvalue weighted by Gasteiger charge is -2.27. The summed E-state index contributed by atoms with van der Waals surface area (Å²) in [6.07, 6.45) is -1.66. The first-order valence-corrected chi connectivity index (χ1v) is 12.3. The molecule has 0 aliphatic carbocycles. The first kappa shape index (κ1) is 27.7. The van der Waals surface area contributed by atoms with Gasteiger partial charge in [-0.2, -0.15) is 4.98 Å². The molecule has 1 aromatic rings. The molecule has 2 rings (SSSR count). The molecule has 3 N–H and O–H groups in total. The topological polar surface area (TPSA) is 144 Å². The predicted octanol–water partition coefficient (Wildman–Crippen LogP) is 1.71. The lowest BCUT2D eigenvalue weighted by Crippen LogP contribution is -2.41. The zero-order chi connectivity index (χ0) is 23.8. The van der Waals surface area contributed by atoms with Gasteiger partial charge in [0.05, 0.1) is 25.9 Å². The maximum Gasteiger partial charge on any atom is 0.351 e. The van der Waals surface area contributed by atoms with E-state index in [9.17, 15) is 14.3 Å². The van der Waals surface area contributed by atoms with E-state index in [1.54, 1.807) is 14.0 Å². The molecular formula is C19H36N3O8P. The second kappa shape index (κ2) is 12.6. The lowest BCUT2D eigenvalue weighted by atomic mass is 10.1. The van der Waals surface area contributed by atoms with E-state index in [4.69, 9.17) is 29.2 Å². The van der Waals surface area contributed by atoms with Gasteiger partial charge in [-0.15, -0.1) is 0 Å². The van der Waals surface area contributed by atoms with Crippen LogP contribution in [0.25, 0.3) is 0 Å². The minimum atomic E-state index is -3.73. The van der Waals surface area contributed by atoms with Crippen LogP contribution >= 0.6 is 7.60 Å². The van der Waals surface area contributed by atoms with E-state index >= 15 is 0 Å². The van der Waals surface area contributed by atoms with Gasteiger partial charge in [-0.3, -0.25) is 9.13 Å². The molecule has 31 heavy (non-hydrogen) atoms. The van der Waals surface area contributed by atoms with Crippen LogP contribution in [0.15, 0.2) is 11.0 Å². The van der Waals surface area contributed by atoms with Crippen molar-refractivity contribution in [3.8, 4) is 0 Å². The minimum Gasteiger partial charge on any atom is -0.383 e. The number of methoxy groups -OCH3 is 1. The highest BCUT2D eigenvalue weighted by molar-refractivity contribution is 7.51. The number of anilines is 1. The second-order valence-electron chi connectivity index (χ2n) is 7.14. The zero-order valence-corrected chi connectivity index (χ0v) is 20.2. The smallest absolute Gasteiger partial charge is 0.351 e. The number of nitrogen functional groups attached to an aromatic ring is 1. The highest BCUT2D eigenvalue weighted by Crippen LogP contribution is 2.40. The third-order valence-electron chi connectivity index (χ3n) is 4.24. The molecule has 1 aromatic heterocycles. The van der Waals surface area contributed by atoms with Crippen molar-refractivity contribution in [2.75, 3.05) is 39.3 Å². The molecule has 11 nitrogen and oxygen atoms in total. The van der Waals surface area contributed by atoms with Gasteiger partial charge in [-0.1, -0.05) is 13.8 Å². The molecule has 5 atom stereocenters. The van der Waals surface area contributed by atoms with Gasteiger partial charge in [0.2, 0.25) is 0 Å². The molecule has 0 saturated carbocycles. The van der Waals surface area contributed by atoms with E-state index in [-0.39, 0.29) is 25.1 Å². The van der Waals surface area contributed by atoms with Crippen LogP contribution in [0, 0.1) is 6.92 Å². The molecule has 2 heterocycles. The van der Waals surface area contributed by atoms with Gasteiger partial charge in [0, 0.05) is 25.5 Å². The molecule has 1 fully saturated rings. The first-order valence-electron chi connectivity index (χ1n) is 10.2. The summed E-state index contributed by atoms with van der Waals surface area (Å²) >= 11 is 0. The predicted molar refractivity (Wildman–Crippen MR) is 116 cm³/mol. The fourth-order valence-electron chi connectivity index (χ4n) is 2.96. The van der Waals surface area contributed by atoms with Crippen LogP contribution < -0.4 is 11.4 Å². The molecule has 12 heteroatoms. The van der Waals surface area contributed by atoms with Crippen LogP contribution in [0.1, 0.15) is 39.5 Å². The Labute approximate surface area is 183 Å². The van der Waals surface area contributed by atoms with Gasteiger partial charge in [0.25, 0.3) is 0 Å². The van der Waals surface area contributed by atoms with Crippen molar-refractivity contribution >= 4 is 13.4 Å². The Bertz CT molecular complexity index is 782. The number of nitrogens with two attached hydrogens (primary N) is 1. The quantitative estimate of drug-likeness (QED) is 0.387. The van der Waals surface area contributed by atoms with Gasteiger partial charge in [-0.05, 0) is 20.8 Å². The van der Waals surface area contributed by atoms with Crippen molar-refractivity contribution in [1.82, 2.24) is 9.55 Å². The van der Waals surface area contributed by atoms with Crippen LogP contribution in [-0.2, 0) is 28.0 Å². The Hall–Kier alpha value is -1.33.